The first kappa shape index (κ1) is 21.7. The zero-order valence-corrected chi connectivity index (χ0v) is 19.7. The van der Waals surface area contributed by atoms with Crippen LogP contribution in [0.4, 0.5) is 5.13 Å². The van der Waals surface area contributed by atoms with E-state index >= 15 is 0 Å². The fraction of sp³-hybridized carbons (Fsp3) is 0.348. The van der Waals surface area contributed by atoms with Crippen LogP contribution in [0.2, 0.25) is 5.02 Å². The molecule has 0 radical (unpaired) electrons. The Balaban J connectivity index is 1.24. The van der Waals surface area contributed by atoms with Gasteiger partial charge < -0.3 is 4.74 Å². The lowest BCUT2D eigenvalue weighted by atomic mass is 9.98. The molecule has 0 unspecified atom stereocenters. The van der Waals surface area contributed by atoms with Crippen LogP contribution in [0.3, 0.4) is 0 Å². The van der Waals surface area contributed by atoms with Crippen molar-refractivity contribution in [3.63, 3.8) is 0 Å². The second-order valence-corrected chi connectivity index (χ2v) is 11.3. The van der Waals surface area contributed by atoms with Gasteiger partial charge in [-0.2, -0.15) is 0 Å². The summed E-state index contributed by atoms with van der Waals surface area (Å²) in [6, 6.07) is 16.2. The lowest BCUT2D eigenvalue weighted by molar-refractivity contribution is 0.0446. The van der Waals surface area contributed by atoms with Gasteiger partial charge in [0.1, 0.15) is 11.9 Å². The zero-order chi connectivity index (χ0) is 22.1. The highest BCUT2D eigenvalue weighted by atomic mass is 35.5. The Morgan fingerprint density at radius 2 is 1.88 bits per heavy atom. The number of ether oxygens (including phenoxy) is 1. The molecule has 2 aliphatic heterocycles. The van der Waals surface area contributed by atoms with E-state index in [9.17, 15) is 8.42 Å². The molecule has 0 aliphatic carbocycles. The number of nitrogens with one attached hydrogen (secondary N) is 1. The van der Waals surface area contributed by atoms with Gasteiger partial charge in [0.25, 0.3) is 10.0 Å². The molecular formula is C23H24ClN3O3S2. The minimum Gasteiger partial charge on any atom is -0.489 e. The molecule has 1 N–H and O–H groups in total. The molecule has 0 amide bonds. The smallest absolute Gasteiger partial charge is 0.263 e. The van der Waals surface area contributed by atoms with Crippen molar-refractivity contribution in [1.82, 2.24) is 9.88 Å². The van der Waals surface area contributed by atoms with Crippen molar-refractivity contribution in [2.45, 2.75) is 55.3 Å². The standard InChI is InChI=1S/C23H24ClN3O3S2/c24-21-14-20(32(28,29)26-23-25-10-11-31-23)8-9-22(21)30-19-12-17-6-7-18(13-19)27(17)15-16-4-2-1-3-5-16/h1-5,8-11,14,17-19H,6-7,12-13,15H2,(H,25,26)/t17-,18-/m0/s1. The van der Waals surface area contributed by atoms with Crippen molar-refractivity contribution < 1.29 is 13.2 Å². The molecule has 5 rings (SSSR count). The SMILES string of the molecule is O=S(=O)(Nc1nccs1)c1ccc(OC2C[C@@H]3CC[C@@H](C2)N3Cc2ccccc2)c(Cl)c1. The minimum atomic E-state index is -3.75. The second-order valence-electron chi connectivity index (χ2n) is 8.29. The fourth-order valence-electron chi connectivity index (χ4n) is 4.74. The fourth-order valence-corrected chi connectivity index (χ4v) is 6.85. The summed E-state index contributed by atoms with van der Waals surface area (Å²) in [4.78, 5) is 6.66. The van der Waals surface area contributed by atoms with Crippen LogP contribution < -0.4 is 9.46 Å². The number of halogens is 1. The molecule has 3 heterocycles. The van der Waals surface area contributed by atoms with Gasteiger partial charge in [-0.05, 0) is 49.4 Å². The molecule has 2 atom stereocenters. The third-order valence-corrected chi connectivity index (χ3v) is 8.66. The first-order valence-electron chi connectivity index (χ1n) is 10.7. The molecule has 2 fully saturated rings. The van der Waals surface area contributed by atoms with E-state index in [1.165, 1.54) is 41.9 Å². The summed E-state index contributed by atoms with van der Waals surface area (Å²) in [5, 5.41) is 2.32. The average molecular weight is 490 g/mol. The van der Waals surface area contributed by atoms with E-state index in [1.54, 1.807) is 17.6 Å². The summed E-state index contributed by atoms with van der Waals surface area (Å²) in [5.74, 6) is 0.528. The topological polar surface area (TPSA) is 71.5 Å². The summed E-state index contributed by atoms with van der Waals surface area (Å²) in [5.41, 5.74) is 1.34. The average Bonchev–Trinajstić information content (AvgIpc) is 3.35. The number of hydrogen-bond donors (Lipinski definition) is 1. The number of sulfonamides is 1. The van der Waals surface area contributed by atoms with Gasteiger partial charge in [-0.15, -0.1) is 11.3 Å². The van der Waals surface area contributed by atoms with Gasteiger partial charge in [0.15, 0.2) is 5.13 Å². The van der Waals surface area contributed by atoms with Crippen LogP contribution in [-0.4, -0.2) is 36.5 Å². The predicted molar refractivity (Wildman–Crippen MR) is 127 cm³/mol. The largest absolute Gasteiger partial charge is 0.489 e. The van der Waals surface area contributed by atoms with Crippen molar-refractivity contribution in [2.24, 2.45) is 0 Å². The summed E-state index contributed by atoms with van der Waals surface area (Å²) in [6.07, 6.45) is 5.89. The first-order valence-corrected chi connectivity index (χ1v) is 13.4. The number of rotatable bonds is 7. The van der Waals surface area contributed by atoms with E-state index in [0.29, 0.717) is 28.0 Å². The number of anilines is 1. The normalized spacial score (nSPS) is 23.2. The highest BCUT2D eigenvalue weighted by molar-refractivity contribution is 7.93. The molecule has 2 aliphatic rings. The van der Waals surface area contributed by atoms with Crippen molar-refractivity contribution >= 4 is 38.1 Å². The number of aromatic nitrogens is 1. The van der Waals surface area contributed by atoms with Gasteiger partial charge in [-0.25, -0.2) is 13.4 Å². The third-order valence-electron chi connectivity index (χ3n) is 6.21. The maximum atomic E-state index is 12.6. The Hall–Kier alpha value is -2.13. The number of thiazole rings is 1. The molecule has 32 heavy (non-hydrogen) atoms. The zero-order valence-electron chi connectivity index (χ0n) is 17.4. The first-order chi connectivity index (χ1) is 15.5. The highest BCUT2D eigenvalue weighted by Crippen LogP contribution is 2.39. The molecule has 6 nitrogen and oxygen atoms in total. The molecule has 3 aromatic rings. The molecule has 0 saturated carbocycles. The third kappa shape index (κ3) is 4.64. The van der Waals surface area contributed by atoms with Crippen LogP contribution in [0.5, 0.6) is 5.75 Å². The Morgan fingerprint density at radius 3 is 2.53 bits per heavy atom. The Bertz CT molecular complexity index is 1160. The van der Waals surface area contributed by atoms with E-state index in [1.807, 2.05) is 6.07 Å². The van der Waals surface area contributed by atoms with Crippen LogP contribution in [-0.2, 0) is 16.6 Å². The lowest BCUT2D eigenvalue weighted by Crippen LogP contribution is -2.45. The van der Waals surface area contributed by atoms with Crippen molar-refractivity contribution in [3.05, 3.63) is 70.7 Å². The van der Waals surface area contributed by atoms with Crippen LogP contribution in [0, 0.1) is 0 Å². The van der Waals surface area contributed by atoms with Crippen LogP contribution in [0.1, 0.15) is 31.2 Å². The number of benzene rings is 2. The second kappa shape index (κ2) is 9.02. The molecular weight excluding hydrogens is 466 g/mol. The van der Waals surface area contributed by atoms with Gasteiger partial charge in [0, 0.05) is 30.2 Å². The van der Waals surface area contributed by atoms with Crippen molar-refractivity contribution in [3.8, 4) is 5.75 Å². The molecule has 1 aromatic heterocycles. The molecule has 2 bridgehead atoms. The van der Waals surface area contributed by atoms with Crippen molar-refractivity contribution in [1.29, 1.82) is 0 Å². The van der Waals surface area contributed by atoms with Gasteiger partial charge in [0.2, 0.25) is 0 Å². The van der Waals surface area contributed by atoms with Crippen LogP contribution in [0.25, 0.3) is 0 Å². The number of piperidine rings is 1. The number of fused-ring (bicyclic) bond motifs is 2. The molecule has 2 aromatic carbocycles. The lowest BCUT2D eigenvalue weighted by Gasteiger charge is -2.39. The van der Waals surface area contributed by atoms with Gasteiger partial charge >= 0.3 is 0 Å². The van der Waals surface area contributed by atoms with Crippen molar-refractivity contribution in [2.75, 3.05) is 4.72 Å². The van der Waals surface area contributed by atoms with Gasteiger partial charge in [0.05, 0.1) is 9.92 Å². The maximum Gasteiger partial charge on any atom is 0.263 e. The van der Waals surface area contributed by atoms with E-state index in [4.69, 9.17) is 16.3 Å². The monoisotopic (exact) mass is 489 g/mol. The summed E-state index contributed by atoms with van der Waals surface area (Å²) >= 11 is 7.64. The van der Waals surface area contributed by atoms with E-state index in [0.717, 1.165) is 19.4 Å². The number of nitrogens with zero attached hydrogens (tertiary/aromatic N) is 2. The molecule has 0 spiro atoms. The van der Waals surface area contributed by atoms with Crippen LogP contribution in [0.15, 0.2) is 65.0 Å². The van der Waals surface area contributed by atoms with Gasteiger partial charge in [-0.3, -0.25) is 9.62 Å². The molecule has 168 valence electrons. The summed E-state index contributed by atoms with van der Waals surface area (Å²) < 4.78 is 33.9. The quantitative estimate of drug-likeness (QED) is 0.495. The minimum absolute atomic E-state index is 0.0768. The molecule has 9 heteroatoms. The Morgan fingerprint density at radius 1 is 1.12 bits per heavy atom. The summed E-state index contributed by atoms with van der Waals surface area (Å²) in [7, 11) is -3.75. The van der Waals surface area contributed by atoms with E-state index in [2.05, 4.69) is 38.9 Å². The van der Waals surface area contributed by atoms with E-state index < -0.39 is 10.0 Å². The highest BCUT2D eigenvalue weighted by Gasteiger charge is 2.41. The van der Waals surface area contributed by atoms with E-state index in [-0.39, 0.29) is 11.0 Å². The summed E-state index contributed by atoms with van der Waals surface area (Å²) in [6.45, 7) is 0.975. The molecule has 2 saturated heterocycles. The van der Waals surface area contributed by atoms with Gasteiger partial charge in [-0.1, -0.05) is 41.9 Å². The Kier molecular flexibility index (Phi) is 6.11. The number of hydrogen-bond acceptors (Lipinski definition) is 6. The Labute approximate surface area is 197 Å². The van der Waals surface area contributed by atoms with Crippen LogP contribution >= 0.6 is 22.9 Å². The predicted octanol–water partition coefficient (Wildman–Crippen LogP) is 5.17. The maximum absolute atomic E-state index is 12.6.